The molecule has 2 aromatic heterocycles. The highest BCUT2D eigenvalue weighted by Crippen LogP contribution is 2.32. The molecule has 132 valence electrons. The number of thiazole rings is 1. The van der Waals surface area contributed by atoms with Gasteiger partial charge in [0.25, 0.3) is 10.0 Å². The summed E-state index contributed by atoms with van der Waals surface area (Å²) in [5.41, 5.74) is 1.61. The van der Waals surface area contributed by atoms with E-state index in [1.54, 1.807) is 24.0 Å². The quantitative estimate of drug-likeness (QED) is 0.710. The molecule has 3 aromatic rings. The monoisotopic (exact) mass is 376 g/mol. The highest BCUT2D eigenvalue weighted by atomic mass is 32.2. The minimum atomic E-state index is -3.73. The summed E-state index contributed by atoms with van der Waals surface area (Å²) in [6, 6.07) is 9.68. The van der Waals surface area contributed by atoms with Crippen LogP contribution in [0.4, 0.5) is 5.00 Å². The molecule has 0 bridgehead atoms. The number of anilines is 1. The zero-order chi connectivity index (χ0) is 18.0. The van der Waals surface area contributed by atoms with Gasteiger partial charge in [-0.15, -0.1) is 0 Å². The smallest absolute Gasteiger partial charge is 0.281 e. The first-order valence-electron chi connectivity index (χ1n) is 7.92. The van der Waals surface area contributed by atoms with Gasteiger partial charge in [-0.25, -0.2) is 9.97 Å². The fraction of sp³-hybridized carbons (Fsp3) is 0.294. The van der Waals surface area contributed by atoms with Crippen molar-refractivity contribution in [2.75, 3.05) is 4.72 Å². The molecule has 6 nitrogen and oxygen atoms in total. The van der Waals surface area contributed by atoms with Crippen molar-refractivity contribution >= 4 is 26.4 Å². The van der Waals surface area contributed by atoms with Crippen LogP contribution in [0.2, 0.25) is 0 Å². The number of nitrogens with zero attached hydrogens (tertiary/aromatic N) is 3. The number of hydrogen-bond acceptors (Lipinski definition) is 5. The third-order valence-corrected chi connectivity index (χ3v) is 5.99. The Morgan fingerprint density at radius 1 is 1.24 bits per heavy atom. The third-order valence-electron chi connectivity index (χ3n) is 3.51. The van der Waals surface area contributed by atoms with E-state index in [1.165, 1.54) is 11.3 Å². The van der Waals surface area contributed by atoms with Crippen molar-refractivity contribution < 1.29 is 8.42 Å². The van der Waals surface area contributed by atoms with Gasteiger partial charge >= 0.3 is 0 Å². The first kappa shape index (κ1) is 17.6. The average Bonchev–Trinajstić information content (AvgIpc) is 3.15. The van der Waals surface area contributed by atoms with Crippen molar-refractivity contribution in [3.8, 4) is 10.6 Å². The van der Waals surface area contributed by atoms with Crippen molar-refractivity contribution in [3.63, 3.8) is 0 Å². The van der Waals surface area contributed by atoms with E-state index in [9.17, 15) is 8.42 Å². The van der Waals surface area contributed by atoms with Gasteiger partial charge in [0.15, 0.2) is 5.03 Å². The van der Waals surface area contributed by atoms with Crippen LogP contribution in [0.15, 0.2) is 47.9 Å². The molecule has 0 aliphatic heterocycles. The molecule has 0 spiro atoms. The normalized spacial score (nSPS) is 11.8. The Labute approximate surface area is 151 Å². The highest BCUT2D eigenvalue weighted by Gasteiger charge is 2.21. The summed E-state index contributed by atoms with van der Waals surface area (Å²) in [5, 5.41) is 1.31. The topological polar surface area (TPSA) is 76.9 Å². The molecule has 1 N–H and O–H groups in total. The Kier molecular flexibility index (Phi) is 4.91. The number of imidazole rings is 1. The maximum atomic E-state index is 12.6. The largest absolute Gasteiger partial charge is 0.336 e. The van der Waals surface area contributed by atoms with Gasteiger partial charge in [0, 0.05) is 18.3 Å². The number of benzene rings is 1. The standard InChI is InChI=1S/C17H20N4O2S2/c1-12(2)9-21-10-15(18-11-21)25(22,23)20-16-13(3)19-17(24-16)14-7-5-4-6-8-14/h4-8,10-12,20H,9H2,1-3H3. The van der Waals surface area contributed by atoms with Gasteiger partial charge in [0.05, 0.1) is 12.0 Å². The van der Waals surface area contributed by atoms with E-state index in [1.807, 2.05) is 30.3 Å². The molecule has 8 heteroatoms. The van der Waals surface area contributed by atoms with Crippen LogP contribution in [-0.2, 0) is 16.6 Å². The van der Waals surface area contributed by atoms with Gasteiger partial charge in [-0.3, -0.25) is 4.72 Å². The Bertz CT molecular complexity index is 960. The van der Waals surface area contributed by atoms with Crippen molar-refractivity contribution in [1.29, 1.82) is 0 Å². The molecule has 1 aromatic carbocycles. The van der Waals surface area contributed by atoms with Gasteiger partial charge in [-0.1, -0.05) is 55.5 Å². The Balaban J connectivity index is 1.84. The first-order chi connectivity index (χ1) is 11.8. The Morgan fingerprint density at radius 3 is 2.64 bits per heavy atom. The lowest BCUT2D eigenvalue weighted by Crippen LogP contribution is -2.13. The predicted octanol–water partition coefficient (Wildman–Crippen LogP) is 3.77. The summed E-state index contributed by atoms with van der Waals surface area (Å²) in [4.78, 5) is 8.50. The van der Waals surface area contributed by atoms with E-state index >= 15 is 0 Å². The minimum Gasteiger partial charge on any atom is -0.336 e. The molecule has 0 unspecified atom stereocenters. The molecule has 0 saturated heterocycles. The molecule has 0 radical (unpaired) electrons. The number of sulfonamides is 1. The number of aromatic nitrogens is 3. The zero-order valence-corrected chi connectivity index (χ0v) is 15.9. The number of rotatable bonds is 6. The maximum Gasteiger partial charge on any atom is 0.281 e. The van der Waals surface area contributed by atoms with Crippen LogP contribution in [0, 0.1) is 12.8 Å². The Morgan fingerprint density at radius 2 is 1.96 bits per heavy atom. The molecule has 3 rings (SSSR count). The van der Waals surface area contributed by atoms with Crippen LogP contribution in [-0.4, -0.2) is 23.0 Å². The van der Waals surface area contributed by atoms with Crippen molar-refractivity contribution in [2.45, 2.75) is 32.3 Å². The van der Waals surface area contributed by atoms with Gasteiger partial charge in [-0.2, -0.15) is 8.42 Å². The van der Waals surface area contributed by atoms with Gasteiger partial charge in [-0.05, 0) is 12.8 Å². The van der Waals surface area contributed by atoms with E-state index in [4.69, 9.17) is 0 Å². The summed E-state index contributed by atoms with van der Waals surface area (Å²) >= 11 is 1.32. The van der Waals surface area contributed by atoms with Crippen LogP contribution in [0.1, 0.15) is 19.5 Å². The van der Waals surface area contributed by atoms with Crippen LogP contribution in [0.3, 0.4) is 0 Å². The SMILES string of the molecule is Cc1nc(-c2ccccc2)sc1NS(=O)(=O)c1cn(CC(C)C)cn1. The van der Waals surface area contributed by atoms with Gasteiger partial charge < -0.3 is 4.57 Å². The molecule has 0 aliphatic carbocycles. The van der Waals surface area contributed by atoms with E-state index < -0.39 is 10.0 Å². The fourth-order valence-corrected chi connectivity index (χ4v) is 4.64. The van der Waals surface area contributed by atoms with Crippen molar-refractivity contribution in [1.82, 2.24) is 14.5 Å². The Hall–Kier alpha value is -2.19. The third kappa shape index (κ3) is 4.08. The molecular weight excluding hydrogens is 356 g/mol. The van der Waals surface area contributed by atoms with Crippen LogP contribution in [0.5, 0.6) is 0 Å². The number of aryl methyl sites for hydroxylation is 1. The predicted molar refractivity (Wildman–Crippen MR) is 100 cm³/mol. The van der Waals surface area contributed by atoms with Crippen molar-refractivity contribution in [3.05, 3.63) is 48.5 Å². The number of hydrogen-bond donors (Lipinski definition) is 1. The molecule has 0 atom stereocenters. The van der Waals surface area contributed by atoms with Crippen LogP contribution < -0.4 is 4.72 Å². The molecule has 25 heavy (non-hydrogen) atoms. The number of nitrogens with one attached hydrogen (secondary N) is 1. The summed E-state index contributed by atoms with van der Waals surface area (Å²) in [6.07, 6.45) is 3.10. The second-order valence-corrected chi connectivity index (χ2v) is 8.84. The van der Waals surface area contributed by atoms with Gasteiger partial charge in [0.2, 0.25) is 0 Å². The minimum absolute atomic E-state index is 0.0159. The van der Waals surface area contributed by atoms with E-state index in [0.717, 1.165) is 17.1 Å². The zero-order valence-electron chi connectivity index (χ0n) is 14.3. The lowest BCUT2D eigenvalue weighted by molar-refractivity contribution is 0.522. The molecule has 0 saturated carbocycles. The molecular formula is C17H20N4O2S2. The second-order valence-electron chi connectivity index (χ2n) is 6.21. The summed E-state index contributed by atoms with van der Waals surface area (Å²) < 4.78 is 29.6. The lowest BCUT2D eigenvalue weighted by Gasteiger charge is -2.05. The second kappa shape index (κ2) is 6.97. The molecule has 2 heterocycles. The summed E-state index contributed by atoms with van der Waals surface area (Å²) in [5.74, 6) is 0.412. The van der Waals surface area contributed by atoms with Gasteiger partial charge in [0.1, 0.15) is 10.0 Å². The maximum absolute atomic E-state index is 12.6. The molecule has 0 amide bonds. The van der Waals surface area contributed by atoms with Crippen LogP contribution >= 0.6 is 11.3 Å². The summed E-state index contributed by atoms with van der Waals surface area (Å²) in [6.45, 7) is 6.65. The molecule has 0 fully saturated rings. The van der Waals surface area contributed by atoms with Crippen molar-refractivity contribution in [2.24, 2.45) is 5.92 Å². The van der Waals surface area contributed by atoms with E-state index in [0.29, 0.717) is 16.6 Å². The average molecular weight is 377 g/mol. The van der Waals surface area contributed by atoms with Crippen LogP contribution in [0.25, 0.3) is 10.6 Å². The lowest BCUT2D eigenvalue weighted by atomic mass is 10.2. The highest BCUT2D eigenvalue weighted by molar-refractivity contribution is 7.92. The van der Waals surface area contributed by atoms with E-state index in [-0.39, 0.29) is 5.03 Å². The first-order valence-corrected chi connectivity index (χ1v) is 10.2. The van der Waals surface area contributed by atoms with E-state index in [2.05, 4.69) is 28.5 Å². The fourth-order valence-electron chi connectivity index (χ4n) is 2.37. The summed E-state index contributed by atoms with van der Waals surface area (Å²) in [7, 11) is -3.73. The molecule has 0 aliphatic rings.